The summed E-state index contributed by atoms with van der Waals surface area (Å²) in [5.41, 5.74) is 6.74. The van der Waals surface area contributed by atoms with Gasteiger partial charge in [0, 0.05) is 19.1 Å². The molecule has 3 N–H and O–H groups in total. The largest absolute Gasteiger partial charge is 0.357 e. The number of carbonyl (C=O) groups is 1. The predicted octanol–water partition coefficient (Wildman–Crippen LogP) is 2.98. The highest BCUT2D eigenvalue weighted by Gasteiger charge is 2.30. The maximum absolute atomic E-state index is 12.2. The van der Waals surface area contributed by atoms with E-state index in [1.54, 1.807) is 6.20 Å². The minimum Gasteiger partial charge on any atom is -0.357 e. The number of amides is 1. The van der Waals surface area contributed by atoms with Crippen molar-refractivity contribution in [1.82, 2.24) is 4.98 Å². The molecule has 1 aliphatic carbocycles. The Morgan fingerprint density at radius 3 is 2.43 bits per heavy atom. The fourth-order valence-electron chi connectivity index (χ4n) is 3.32. The van der Waals surface area contributed by atoms with Gasteiger partial charge in [0.1, 0.15) is 5.82 Å². The number of pyridine rings is 1. The van der Waals surface area contributed by atoms with Crippen LogP contribution < -0.4 is 16.0 Å². The molecule has 2 fully saturated rings. The molecule has 1 amide bonds. The van der Waals surface area contributed by atoms with Crippen LogP contribution in [0.25, 0.3) is 0 Å². The van der Waals surface area contributed by atoms with Crippen LogP contribution in [-0.4, -0.2) is 30.0 Å². The lowest BCUT2D eigenvalue weighted by Gasteiger charge is -2.27. The summed E-state index contributed by atoms with van der Waals surface area (Å²) >= 11 is 0. The lowest BCUT2D eigenvalue weighted by molar-refractivity contribution is -0.120. The third-order valence-corrected chi connectivity index (χ3v) is 4.60. The molecule has 0 spiro atoms. The maximum atomic E-state index is 12.2. The number of hydrogen-bond acceptors (Lipinski definition) is 4. The van der Waals surface area contributed by atoms with Crippen LogP contribution in [0.4, 0.5) is 11.5 Å². The van der Waals surface area contributed by atoms with Crippen LogP contribution in [0.1, 0.15) is 38.5 Å². The standard InChI is InChI=1S/C16H24N4O.2ClH/c17-14-6-4-5-13(14)16(21)19-12-7-8-15(18-11-12)20-9-2-1-3-10-20;;/h7-8,11,13-14H,1-6,9-10,17H2,(H,19,21);2*1H. The van der Waals surface area contributed by atoms with Crippen molar-refractivity contribution in [1.29, 1.82) is 0 Å². The Labute approximate surface area is 150 Å². The second-order valence-corrected chi connectivity index (χ2v) is 6.14. The third kappa shape index (κ3) is 4.96. The van der Waals surface area contributed by atoms with Crippen LogP contribution >= 0.6 is 24.8 Å². The second kappa shape index (κ2) is 9.30. The van der Waals surface area contributed by atoms with Gasteiger partial charge in [0.25, 0.3) is 0 Å². The summed E-state index contributed by atoms with van der Waals surface area (Å²) in [6.07, 6.45) is 8.43. The molecule has 0 bridgehead atoms. The van der Waals surface area contributed by atoms with Crippen LogP contribution in [0.5, 0.6) is 0 Å². The highest BCUT2D eigenvalue weighted by Crippen LogP contribution is 2.25. The van der Waals surface area contributed by atoms with Gasteiger partial charge in [-0.2, -0.15) is 0 Å². The number of aromatic nitrogens is 1. The fraction of sp³-hybridized carbons (Fsp3) is 0.625. The molecule has 1 aromatic heterocycles. The summed E-state index contributed by atoms with van der Waals surface area (Å²) in [6, 6.07) is 3.94. The molecule has 23 heavy (non-hydrogen) atoms. The van der Waals surface area contributed by atoms with E-state index in [1.807, 2.05) is 12.1 Å². The quantitative estimate of drug-likeness (QED) is 0.868. The molecule has 5 nitrogen and oxygen atoms in total. The van der Waals surface area contributed by atoms with Crippen molar-refractivity contribution in [3.05, 3.63) is 18.3 Å². The van der Waals surface area contributed by atoms with Crippen molar-refractivity contribution in [2.75, 3.05) is 23.3 Å². The lowest BCUT2D eigenvalue weighted by Crippen LogP contribution is -2.34. The highest BCUT2D eigenvalue weighted by atomic mass is 35.5. The van der Waals surface area contributed by atoms with Crippen LogP contribution in [0.2, 0.25) is 0 Å². The number of hydrogen-bond donors (Lipinski definition) is 2. The molecule has 1 saturated heterocycles. The van der Waals surface area contributed by atoms with Crippen LogP contribution in [0, 0.1) is 5.92 Å². The van der Waals surface area contributed by atoms with Crippen LogP contribution in [-0.2, 0) is 4.79 Å². The Morgan fingerprint density at radius 2 is 1.87 bits per heavy atom. The first-order valence-electron chi connectivity index (χ1n) is 8.01. The van der Waals surface area contributed by atoms with Crippen molar-refractivity contribution >= 4 is 42.2 Å². The molecule has 0 radical (unpaired) electrons. The molecule has 1 saturated carbocycles. The number of piperidine rings is 1. The lowest BCUT2D eigenvalue weighted by atomic mass is 10.0. The molecular formula is C16H26Cl2N4O. The molecule has 7 heteroatoms. The van der Waals surface area contributed by atoms with Crippen LogP contribution in [0.15, 0.2) is 18.3 Å². The molecule has 130 valence electrons. The minimum absolute atomic E-state index is 0. The summed E-state index contributed by atoms with van der Waals surface area (Å²) in [5.74, 6) is 0.990. The zero-order valence-electron chi connectivity index (χ0n) is 13.2. The van der Waals surface area contributed by atoms with Crippen molar-refractivity contribution in [3.63, 3.8) is 0 Å². The molecule has 2 unspecified atom stereocenters. The first-order valence-corrected chi connectivity index (χ1v) is 8.01. The van der Waals surface area contributed by atoms with E-state index in [9.17, 15) is 4.79 Å². The van der Waals surface area contributed by atoms with Gasteiger partial charge in [-0.05, 0) is 44.2 Å². The highest BCUT2D eigenvalue weighted by molar-refractivity contribution is 5.93. The average Bonchev–Trinajstić information content (AvgIpc) is 2.95. The first-order chi connectivity index (χ1) is 10.2. The van der Waals surface area contributed by atoms with Gasteiger partial charge in [-0.1, -0.05) is 6.42 Å². The Bertz CT molecular complexity index is 491. The van der Waals surface area contributed by atoms with Gasteiger partial charge in [0.05, 0.1) is 17.8 Å². The summed E-state index contributed by atoms with van der Waals surface area (Å²) in [5, 5.41) is 2.94. The van der Waals surface area contributed by atoms with Crippen molar-refractivity contribution in [3.8, 4) is 0 Å². The number of carbonyl (C=O) groups excluding carboxylic acids is 1. The normalized spacial score (nSPS) is 23.6. The zero-order chi connectivity index (χ0) is 14.7. The van der Waals surface area contributed by atoms with Gasteiger partial charge in [-0.25, -0.2) is 4.98 Å². The van der Waals surface area contributed by atoms with Gasteiger partial charge < -0.3 is 16.0 Å². The topological polar surface area (TPSA) is 71.2 Å². The van der Waals surface area contributed by atoms with Crippen LogP contribution in [0.3, 0.4) is 0 Å². The van der Waals surface area contributed by atoms with E-state index in [-0.39, 0.29) is 42.7 Å². The summed E-state index contributed by atoms with van der Waals surface area (Å²) in [4.78, 5) is 19.0. The summed E-state index contributed by atoms with van der Waals surface area (Å²) in [6.45, 7) is 2.16. The number of halogens is 2. The van der Waals surface area contributed by atoms with Gasteiger partial charge in [0.15, 0.2) is 0 Å². The number of nitrogens with two attached hydrogens (primary N) is 1. The second-order valence-electron chi connectivity index (χ2n) is 6.14. The summed E-state index contributed by atoms with van der Waals surface area (Å²) < 4.78 is 0. The fourth-order valence-corrected chi connectivity index (χ4v) is 3.32. The molecular weight excluding hydrogens is 335 g/mol. The first kappa shape index (κ1) is 20.0. The molecule has 2 heterocycles. The van der Waals surface area contributed by atoms with E-state index in [4.69, 9.17) is 5.73 Å². The minimum atomic E-state index is -0.0493. The van der Waals surface area contributed by atoms with Crippen molar-refractivity contribution in [2.45, 2.75) is 44.6 Å². The van der Waals surface area contributed by atoms with E-state index in [2.05, 4.69) is 15.2 Å². The maximum Gasteiger partial charge on any atom is 0.229 e. The molecule has 3 rings (SSSR count). The Balaban J connectivity index is 0.00000132. The van der Waals surface area contributed by atoms with E-state index in [0.717, 1.165) is 43.9 Å². The Kier molecular flexibility index (Phi) is 8.09. The third-order valence-electron chi connectivity index (χ3n) is 4.60. The van der Waals surface area contributed by atoms with E-state index < -0.39 is 0 Å². The average molecular weight is 361 g/mol. The molecule has 1 aromatic rings. The molecule has 2 aliphatic rings. The molecule has 2 atom stereocenters. The summed E-state index contributed by atoms with van der Waals surface area (Å²) in [7, 11) is 0. The van der Waals surface area contributed by atoms with Gasteiger partial charge in [-0.3, -0.25) is 4.79 Å². The molecule has 1 aliphatic heterocycles. The zero-order valence-corrected chi connectivity index (χ0v) is 14.9. The SMILES string of the molecule is Cl.Cl.NC1CCCC1C(=O)Nc1ccc(N2CCCCC2)nc1. The van der Waals surface area contributed by atoms with Gasteiger partial charge in [0.2, 0.25) is 5.91 Å². The number of nitrogens with zero attached hydrogens (tertiary/aromatic N) is 2. The number of anilines is 2. The predicted molar refractivity (Wildman–Crippen MR) is 98.7 cm³/mol. The number of nitrogens with one attached hydrogen (secondary N) is 1. The van der Waals surface area contributed by atoms with E-state index in [0.29, 0.717) is 0 Å². The molecule has 0 aromatic carbocycles. The Hall–Kier alpha value is -1.04. The van der Waals surface area contributed by atoms with E-state index >= 15 is 0 Å². The Morgan fingerprint density at radius 1 is 1.13 bits per heavy atom. The van der Waals surface area contributed by atoms with Gasteiger partial charge in [-0.15, -0.1) is 24.8 Å². The van der Waals surface area contributed by atoms with Crippen molar-refractivity contribution in [2.24, 2.45) is 11.7 Å². The smallest absolute Gasteiger partial charge is 0.229 e. The number of rotatable bonds is 3. The van der Waals surface area contributed by atoms with E-state index in [1.165, 1.54) is 19.3 Å². The van der Waals surface area contributed by atoms with Gasteiger partial charge >= 0.3 is 0 Å². The monoisotopic (exact) mass is 360 g/mol. The van der Waals surface area contributed by atoms with Crippen molar-refractivity contribution < 1.29 is 4.79 Å².